The van der Waals surface area contributed by atoms with Crippen molar-refractivity contribution in [3.05, 3.63) is 70.0 Å². The third-order valence-corrected chi connectivity index (χ3v) is 7.73. The Morgan fingerprint density at radius 3 is 2.32 bits per heavy atom. The number of likely N-dealkylation sites (N-methyl/N-ethyl adjacent to an activating group) is 1. The van der Waals surface area contributed by atoms with Gasteiger partial charge in [-0.3, -0.25) is 19.3 Å². The van der Waals surface area contributed by atoms with Crippen LogP contribution in [0.15, 0.2) is 42.5 Å². The summed E-state index contributed by atoms with van der Waals surface area (Å²) in [6, 6.07) is 10.1. The standard InChI is InChI=1S/C28H32ClFN4O4/c1-17(2)23(31-24(35)21-15-18(3)5-10-22(21)30)25(36)33-13-11-28(12-14-33)26(37)32(4)27(38)34(28)16-19-6-8-20(29)9-7-19/h5-10,15,17,23H,11-14,16H2,1-4H3,(H,31,35)/t23-/m1/s1. The van der Waals surface area contributed by atoms with Crippen LogP contribution in [-0.2, 0) is 16.1 Å². The van der Waals surface area contributed by atoms with Crippen molar-refractivity contribution in [3.63, 3.8) is 0 Å². The van der Waals surface area contributed by atoms with Crippen molar-refractivity contribution in [1.82, 2.24) is 20.0 Å². The number of imide groups is 1. The number of benzene rings is 2. The zero-order chi connectivity index (χ0) is 27.8. The van der Waals surface area contributed by atoms with Crippen LogP contribution >= 0.6 is 11.6 Å². The van der Waals surface area contributed by atoms with Gasteiger partial charge in [0.05, 0.1) is 5.56 Å². The minimum atomic E-state index is -1.05. The molecule has 1 spiro atoms. The van der Waals surface area contributed by atoms with Crippen LogP contribution in [0.4, 0.5) is 9.18 Å². The second kappa shape index (κ2) is 10.7. The van der Waals surface area contributed by atoms with E-state index in [9.17, 15) is 23.6 Å². The van der Waals surface area contributed by atoms with E-state index in [4.69, 9.17) is 11.6 Å². The molecule has 0 saturated carbocycles. The van der Waals surface area contributed by atoms with Crippen molar-refractivity contribution in [2.75, 3.05) is 20.1 Å². The largest absolute Gasteiger partial charge is 0.341 e. The van der Waals surface area contributed by atoms with E-state index in [1.54, 1.807) is 34.9 Å². The van der Waals surface area contributed by atoms with E-state index in [-0.39, 0.29) is 61.8 Å². The van der Waals surface area contributed by atoms with Crippen molar-refractivity contribution in [2.24, 2.45) is 5.92 Å². The van der Waals surface area contributed by atoms with Gasteiger partial charge in [0.2, 0.25) is 5.91 Å². The fraction of sp³-hybridized carbons (Fsp3) is 0.429. The second-order valence-electron chi connectivity index (χ2n) is 10.4. The van der Waals surface area contributed by atoms with Crippen LogP contribution in [0.3, 0.4) is 0 Å². The van der Waals surface area contributed by atoms with Crippen LogP contribution in [0.25, 0.3) is 0 Å². The van der Waals surface area contributed by atoms with Gasteiger partial charge in [-0.2, -0.15) is 0 Å². The SMILES string of the molecule is Cc1ccc(F)c(C(=O)N[C@@H](C(=O)N2CCC3(CC2)C(=O)N(C)C(=O)N3Cc2ccc(Cl)cc2)C(C)C)c1. The first-order valence-electron chi connectivity index (χ1n) is 12.6. The van der Waals surface area contributed by atoms with E-state index in [1.165, 1.54) is 19.2 Å². The molecule has 0 radical (unpaired) electrons. The minimum absolute atomic E-state index is 0.114. The number of rotatable bonds is 6. The number of piperidine rings is 1. The average Bonchev–Trinajstić information content (AvgIpc) is 3.06. The van der Waals surface area contributed by atoms with Gasteiger partial charge in [0.15, 0.2) is 0 Å². The van der Waals surface area contributed by atoms with E-state index in [0.29, 0.717) is 5.02 Å². The molecule has 202 valence electrons. The molecule has 2 aromatic carbocycles. The van der Waals surface area contributed by atoms with Crippen molar-refractivity contribution < 1.29 is 23.6 Å². The highest BCUT2D eigenvalue weighted by Gasteiger charge is 2.57. The molecule has 0 bridgehead atoms. The van der Waals surface area contributed by atoms with E-state index >= 15 is 0 Å². The number of urea groups is 1. The molecular weight excluding hydrogens is 511 g/mol. The average molecular weight is 543 g/mol. The fourth-order valence-electron chi connectivity index (χ4n) is 5.19. The van der Waals surface area contributed by atoms with Gasteiger partial charge in [-0.1, -0.05) is 49.2 Å². The van der Waals surface area contributed by atoms with Gasteiger partial charge in [0.1, 0.15) is 17.4 Å². The van der Waals surface area contributed by atoms with Gasteiger partial charge in [0.25, 0.3) is 11.8 Å². The molecule has 8 nitrogen and oxygen atoms in total. The van der Waals surface area contributed by atoms with Gasteiger partial charge in [-0.15, -0.1) is 0 Å². The summed E-state index contributed by atoms with van der Waals surface area (Å²) in [7, 11) is 1.47. The number of aryl methyl sites for hydroxylation is 1. The first-order valence-corrected chi connectivity index (χ1v) is 13.0. The Kier molecular flexibility index (Phi) is 7.78. The van der Waals surface area contributed by atoms with Gasteiger partial charge in [-0.05, 0) is 55.5 Å². The van der Waals surface area contributed by atoms with Crippen molar-refractivity contribution in [3.8, 4) is 0 Å². The van der Waals surface area contributed by atoms with Crippen LogP contribution in [0.5, 0.6) is 0 Å². The molecule has 0 unspecified atom stereocenters. The topological polar surface area (TPSA) is 90.0 Å². The smallest absolute Gasteiger partial charge is 0.327 e. The Bertz CT molecular complexity index is 1260. The second-order valence-corrected chi connectivity index (χ2v) is 10.8. The summed E-state index contributed by atoms with van der Waals surface area (Å²) in [5, 5.41) is 3.28. The lowest BCUT2D eigenvalue weighted by atomic mass is 9.85. The molecule has 2 saturated heterocycles. The van der Waals surface area contributed by atoms with E-state index < -0.39 is 23.3 Å². The number of halogens is 2. The highest BCUT2D eigenvalue weighted by Crippen LogP contribution is 2.38. The zero-order valence-electron chi connectivity index (χ0n) is 22.0. The first-order chi connectivity index (χ1) is 17.9. The number of likely N-dealkylation sites (tertiary alicyclic amines) is 1. The molecular formula is C28H32ClFN4O4. The minimum Gasteiger partial charge on any atom is -0.341 e. The Hall–Kier alpha value is -3.46. The van der Waals surface area contributed by atoms with Gasteiger partial charge in [0, 0.05) is 31.7 Å². The van der Waals surface area contributed by atoms with E-state index in [2.05, 4.69) is 5.32 Å². The lowest BCUT2D eigenvalue weighted by Crippen LogP contribution is -2.60. The molecule has 1 atom stereocenters. The molecule has 0 aliphatic carbocycles. The molecule has 10 heteroatoms. The number of hydrogen-bond acceptors (Lipinski definition) is 4. The van der Waals surface area contributed by atoms with E-state index in [0.717, 1.165) is 16.0 Å². The summed E-state index contributed by atoms with van der Waals surface area (Å²) in [5.74, 6) is -2.15. The first kappa shape index (κ1) is 27.6. The number of nitrogens with zero attached hydrogens (tertiary/aromatic N) is 3. The van der Waals surface area contributed by atoms with Crippen LogP contribution in [0.2, 0.25) is 5.02 Å². The molecule has 0 aromatic heterocycles. The summed E-state index contributed by atoms with van der Waals surface area (Å²) < 4.78 is 14.3. The Morgan fingerprint density at radius 2 is 1.71 bits per heavy atom. The van der Waals surface area contributed by atoms with Crippen LogP contribution < -0.4 is 5.32 Å². The summed E-state index contributed by atoms with van der Waals surface area (Å²) >= 11 is 5.99. The number of carbonyl (C=O) groups is 4. The Labute approximate surface area is 226 Å². The van der Waals surface area contributed by atoms with Crippen LogP contribution in [0, 0.1) is 18.7 Å². The predicted molar refractivity (Wildman–Crippen MR) is 141 cm³/mol. The molecule has 2 aliphatic rings. The van der Waals surface area contributed by atoms with Crippen LogP contribution in [0.1, 0.15) is 48.2 Å². The highest BCUT2D eigenvalue weighted by atomic mass is 35.5. The summed E-state index contributed by atoms with van der Waals surface area (Å²) in [6.45, 7) is 6.09. The molecule has 2 heterocycles. The summed E-state index contributed by atoms with van der Waals surface area (Å²) in [4.78, 5) is 57.0. The number of hydrogen-bond donors (Lipinski definition) is 1. The Balaban J connectivity index is 1.49. The molecule has 5 amide bonds. The molecule has 4 rings (SSSR count). The van der Waals surface area contributed by atoms with Crippen molar-refractivity contribution >= 4 is 35.4 Å². The maximum atomic E-state index is 14.3. The molecule has 2 fully saturated rings. The molecule has 1 N–H and O–H groups in total. The summed E-state index contributed by atoms with van der Waals surface area (Å²) in [6.07, 6.45) is 0.541. The third kappa shape index (κ3) is 5.12. The normalized spacial score (nSPS) is 17.9. The Morgan fingerprint density at radius 1 is 1.08 bits per heavy atom. The van der Waals surface area contributed by atoms with Gasteiger partial charge < -0.3 is 15.1 Å². The summed E-state index contributed by atoms with van der Waals surface area (Å²) in [5.41, 5.74) is 0.407. The lowest BCUT2D eigenvalue weighted by Gasteiger charge is -2.43. The molecule has 2 aromatic rings. The number of amides is 5. The highest BCUT2D eigenvalue weighted by molar-refractivity contribution is 6.30. The third-order valence-electron chi connectivity index (χ3n) is 7.48. The van der Waals surface area contributed by atoms with E-state index in [1.807, 2.05) is 26.0 Å². The number of nitrogens with one attached hydrogen (secondary N) is 1. The lowest BCUT2D eigenvalue weighted by molar-refractivity contribution is -0.142. The van der Waals surface area contributed by atoms with Crippen LogP contribution in [-0.4, -0.2) is 70.2 Å². The van der Waals surface area contributed by atoms with Gasteiger partial charge >= 0.3 is 6.03 Å². The zero-order valence-corrected chi connectivity index (χ0v) is 22.7. The monoisotopic (exact) mass is 542 g/mol. The van der Waals surface area contributed by atoms with Gasteiger partial charge in [-0.25, -0.2) is 9.18 Å². The predicted octanol–water partition coefficient (Wildman–Crippen LogP) is 4.00. The molecule has 2 aliphatic heterocycles. The van der Waals surface area contributed by atoms with Crippen molar-refractivity contribution in [2.45, 2.75) is 51.7 Å². The fourth-order valence-corrected chi connectivity index (χ4v) is 5.32. The van der Waals surface area contributed by atoms with Crippen molar-refractivity contribution in [1.29, 1.82) is 0 Å². The number of carbonyl (C=O) groups excluding carboxylic acids is 4. The quantitative estimate of drug-likeness (QED) is 0.559. The maximum Gasteiger partial charge on any atom is 0.327 e. The molecule has 38 heavy (non-hydrogen) atoms. The maximum absolute atomic E-state index is 14.3.